The second-order valence-electron chi connectivity index (χ2n) is 7.64. The number of aromatic amines is 1. The van der Waals surface area contributed by atoms with E-state index in [0.29, 0.717) is 72.7 Å². The molecule has 1 aromatic heterocycles. The van der Waals surface area contributed by atoms with Crippen molar-refractivity contribution < 1.29 is 14.3 Å². The average molecular weight is 470 g/mol. The lowest BCUT2D eigenvalue weighted by atomic mass is 10.1. The highest BCUT2D eigenvalue weighted by atomic mass is 32.1. The van der Waals surface area contributed by atoms with Gasteiger partial charge in [-0.05, 0) is 57.0 Å². The van der Waals surface area contributed by atoms with Gasteiger partial charge in [-0.2, -0.15) is 0 Å². The summed E-state index contributed by atoms with van der Waals surface area (Å²) in [7, 11) is 0. The van der Waals surface area contributed by atoms with Gasteiger partial charge in [-0.1, -0.05) is 30.3 Å². The molecule has 0 spiro atoms. The molecule has 3 rings (SSSR count). The molecular formula is C25H31N3O4S. The summed E-state index contributed by atoms with van der Waals surface area (Å²) in [6.07, 6.45) is 2.57. The van der Waals surface area contributed by atoms with E-state index in [1.807, 2.05) is 44.2 Å². The van der Waals surface area contributed by atoms with Gasteiger partial charge in [-0.3, -0.25) is 14.2 Å². The number of rotatable bonds is 12. The fourth-order valence-corrected chi connectivity index (χ4v) is 3.92. The van der Waals surface area contributed by atoms with Crippen LogP contribution >= 0.6 is 12.2 Å². The number of carbonyl (C=O) groups is 1. The number of fused-ring (bicyclic) bond motifs is 1. The van der Waals surface area contributed by atoms with E-state index in [2.05, 4.69) is 10.3 Å². The predicted octanol–water partition coefficient (Wildman–Crippen LogP) is 4.39. The predicted molar refractivity (Wildman–Crippen MR) is 133 cm³/mol. The Hall–Kier alpha value is -3.13. The highest BCUT2D eigenvalue weighted by Crippen LogP contribution is 2.30. The molecule has 2 aromatic carbocycles. The van der Waals surface area contributed by atoms with Crippen molar-refractivity contribution in [2.75, 3.05) is 19.8 Å². The third-order valence-electron chi connectivity index (χ3n) is 5.26. The SMILES string of the molecule is CCOc1cc2[nH]c(=S)n(CCCCC(=O)NCCc3ccccc3)c(=O)c2cc1OCC. The van der Waals surface area contributed by atoms with Crippen molar-refractivity contribution >= 4 is 29.0 Å². The van der Waals surface area contributed by atoms with E-state index in [0.717, 1.165) is 6.42 Å². The Morgan fingerprint density at radius 2 is 1.76 bits per heavy atom. The molecule has 0 fully saturated rings. The van der Waals surface area contributed by atoms with Crippen LogP contribution in [0.3, 0.4) is 0 Å². The van der Waals surface area contributed by atoms with Crippen LogP contribution in [0.25, 0.3) is 10.9 Å². The average Bonchev–Trinajstić information content (AvgIpc) is 2.80. The summed E-state index contributed by atoms with van der Waals surface area (Å²) in [5, 5.41) is 3.45. The minimum Gasteiger partial charge on any atom is -0.490 e. The van der Waals surface area contributed by atoms with Gasteiger partial charge in [-0.15, -0.1) is 0 Å². The Morgan fingerprint density at radius 3 is 2.45 bits per heavy atom. The fourth-order valence-electron chi connectivity index (χ4n) is 3.64. The van der Waals surface area contributed by atoms with Crippen LogP contribution in [0.4, 0.5) is 0 Å². The molecule has 8 heteroatoms. The number of hydrogen-bond acceptors (Lipinski definition) is 5. The molecule has 176 valence electrons. The smallest absolute Gasteiger partial charge is 0.262 e. The Balaban J connectivity index is 1.58. The highest BCUT2D eigenvalue weighted by Gasteiger charge is 2.13. The summed E-state index contributed by atoms with van der Waals surface area (Å²) in [5.74, 6) is 1.13. The molecule has 0 atom stereocenters. The second-order valence-corrected chi connectivity index (χ2v) is 8.03. The van der Waals surface area contributed by atoms with Gasteiger partial charge >= 0.3 is 0 Å². The van der Waals surface area contributed by atoms with Crippen LogP contribution in [-0.4, -0.2) is 35.2 Å². The molecule has 3 aromatic rings. The van der Waals surface area contributed by atoms with Crippen LogP contribution < -0.4 is 20.3 Å². The second kappa shape index (κ2) is 12.2. The van der Waals surface area contributed by atoms with Gasteiger partial charge < -0.3 is 19.8 Å². The van der Waals surface area contributed by atoms with E-state index in [1.54, 1.807) is 16.7 Å². The monoisotopic (exact) mass is 469 g/mol. The minimum absolute atomic E-state index is 0.0201. The van der Waals surface area contributed by atoms with Crippen LogP contribution in [0.5, 0.6) is 11.5 Å². The number of benzene rings is 2. The van der Waals surface area contributed by atoms with E-state index in [9.17, 15) is 9.59 Å². The van der Waals surface area contributed by atoms with Crippen LogP contribution in [0.15, 0.2) is 47.3 Å². The van der Waals surface area contributed by atoms with Crippen LogP contribution in [0, 0.1) is 4.77 Å². The molecule has 33 heavy (non-hydrogen) atoms. The van der Waals surface area contributed by atoms with Crippen molar-refractivity contribution in [3.05, 3.63) is 63.2 Å². The number of amides is 1. The number of nitrogens with one attached hydrogen (secondary N) is 2. The zero-order valence-electron chi connectivity index (χ0n) is 19.2. The first kappa shape index (κ1) is 24.5. The number of H-pyrrole nitrogens is 1. The number of unbranched alkanes of at least 4 members (excludes halogenated alkanes) is 1. The van der Waals surface area contributed by atoms with Gasteiger partial charge in [0.15, 0.2) is 16.3 Å². The van der Waals surface area contributed by atoms with Gasteiger partial charge in [0, 0.05) is 25.6 Å². The summed E-state index contributed by atoms with van der Waals surface area (Å²) in [5.41, 5.74) is 1.64. The zero-order valence-corrected chi connectivity index (χ0v) is 20.0. The van der Waals surface area contributed by atoms with Crippen molar-refractivity contribution in [3.63, 3.8) is 0 Å². The minimum atomic E-state index is -0.176. The Kier molecular flexibility index (Phi) is 9.06. The molecular weight excluding hydrogens is 438 g/mol. The molecule has 0 bridgehead atoms. The van der Waals surface area contributed by atoms with Crippen LogP contribution in [0.2, 0.25) is 0 Å². The topological polar surface area (TPSA) is 85.4 Å². The van der Waals surface area contributed by atoms with Crippen molar-refractivity contribution in [2.24, 2.45) is 0 Å². The summed E-state index contributed by atoms with van der Waals surface area (Å²) >= 11 is 5.42. The Bertz CT molecular complexity index is 1190. The van der Waals surface area contributed by atoms with Crippen molar-refractivity contribution in [1.29, 1.82) is 0 Å². The van der Waals surface area contributed by atoms with E-state index < -0.39 is 0 Å². The molecule has 0 aliphatic rings. The van der Waals surface area contributed by atoms with Gasteiger partial charge in [0.1, 0.15) is 0 Å². The quantitative estimate of drug-likeness (QED) is 0.304. The lowest BCUT2D eigenvalue weighted by molar-refractivity contribution is -0.121. The number of carbonyl (C=O) groups excluding carboxylic acids is 1. The first-order chi connectivity index (χ1) is 16.0. The van der Waals surface area contributed by atoms with E-state index in [4.69, 9.17) is 21.7 Å². The van der Waals surface area contributed by atoms with Crippen LogP contribution in [-0.2, 0) is 17.8 Å². The molecule has 0 aliphatic carbocycles. The number of hydrogen-bond donors (Lipinski definition) is 2. The van der Waals surface area contributed by atoms with Gasteiger partial charge in [0.05, 0.1) is 24.1 Å². The summed E-state index contributed by atoms with van der Waals surface area (Å²) in [4.78, 5) is 28.3. The number of aromatic nitrogens is 2. The molecule has 2 N–H and O–H groups in total. The first-order valence-electron chi connectivity index (χ1n) is 11.4. The molecule has 7 nitrogen and oxygen atoms in total. The van der Waals surface area contributed by atoms with E-state index >= 15 is 0 Å². The third-order valence-corrected chi connectivity index (χ3v) is 5.58. The lowest BCUT2D eigenvalue weighted by Gasteiger charge is -2.13. The molecule has 0 unspecified atom stereocenters. The largest absolute Gasteiger partial charge is 0.490 e. The van der Waals surface area contributed by atoms with Crippen LogP contribution in [0.1, 0.15) is 38.7 Å². The summed E-state index contributed by atoms with van der Waals surface area (Å²) in [6.45, 7) is 5.79. The van der Waals surface area contributed by atoms with Crippen molar-refractivity contribution in [2.45, 2.75) is 46.1 Å². The molecule has 0 aliphatic heterocycles. The lowest BCUT2D eigenvalue weighted by Crippen LogP contribution is -2.26. The standard InChI is InChI=1S/C25H31N3O4S/c1-3-31-21-16-19-20(17-22(21)32-4-2)27-25(33)28(24(19)30)15-9-8-12-23(29)26-14-13-18-10-6-5-7-11-18/h5-7,10-11,16-17H,3-4,8-9,12-15H2,1-2H3,(H,26,29)(H,27,33). The zero-order chi connectivity index (χ0) is 23.6. The molecule has 1 amide bonds. The molecule has 1 heterocycles. The normalized spacial score (nSPS) is 10.8. The van der Waals surface area contributed by atoms with E-state index in [-0.39, 0.29) is 11.5 Å². The fraction of sp³-hybridized carbons (Fsp3) is 0.400. The maximum Gasteiger partial charge on any atom is 0.262 e. The van der Waals surface area contributed by atoms with Gasteiger partial charge in [0.2, 0.25) is 5.91 Å². The summed E-state index contributed by atoms with van der Waals surface area (Å²) in [6, 6.07) is 13.5. The third kappa shape index (κ3) is 6.68. The Labute approximate surface area is 198 Å². The van der Waals surface area contributed by atoms with Crippen molar-refractivity contribution in [1.82, 2.24) is 14.9 Å². The highest BCUT2D eigenvalue weighted by molar-refractivity contribution is 7.71. The molecule has 0 radical (unpaired) electrons. The number of nitrogens with zero attached hydrogens (tertiary/aromatic N) is 1. The molecule has 0 saturated heterocycles. The van der Waals surface area contributed by atoms with Crippen molar-refractivity contribution in [3.8, 4) is 11.5 Å². The summed E-state index contributed by atoms with van der Waals surface area (Å²) < 4.78 is 13.2. The first-order valence-corrected chi connectivity index (χ1v) is 11.8. The maximum absolute atomic E-state index is 13.1. The maximum atomic E-state index is 13.1. The van der Waals surface area contributed by atoms with E-state index in [1.165, 1.54) is 5.56 Å². The Morgan fingerprint density at radius 1 is 1.06 bits per heavy atom. The number of ether oxygens (including phenoxy) is 2. The van der Waals surface area contributed by atoms with Gasteiger partial charge in [0.25, 0.3) is 5.56 Å². The van der Waals surface area contributed by atoms with Gasteiger partial charge in [-0.25, -0.2) is 0 Å². The molecule has 0 saturated carbocycles.